The zero-order valence-corrected chi connectivity index (χ0v) is 20.2. The topological polar surface area (TPSA) is 55.5 Å². The zero-order chi connectivity index (χ0) is 23.8. The van der Waals surface area contributed by atoms with Crippen LogP contribution in [-0.2, 0) is 0 Å². The lowest BCUT2D eigenvalue weighted by Gasteiger charge is -2.39. The van der Waals surface area contributed by atoms with E-state index in [0.29, 0.717) is 11.6 Å². The van der Waals surface area contributed by atoms with Crippen molar-refractivity contribution in [3.8, 4) is 22.3 Å². The first-order valence-electron chi connectivity index (χ1n) is 11.8. The van der Waals surface area contributed by atoms with Gasteiger partial charge >= 0.3 is 0 Å². The number of H-pyrrole nitrogens is 1. The number of aromatic amines is 1. The van der Waals surface area contributed by atoms with Crippen molar-refractivity contribution < 1.29 is 4.79 Å². The maximum Gasteiger partial charge on any atom is 0.253 e. The molecule has 3 heterocycles. The van der Waals surface area contributed by atoms with Gasteiger partial charge in [-0.3, -0.25) is 4.79 Å². The number of nitrogens with zero attached hydrogens (tertiary/aromatic N) is 4. The van der Waals surface area contributed by atoms with Gasteiger partial charge in [0.15, 0.2) is 0 Å². The van der Waals surface area contributed by atoms with Crippen molar-refractivity contribution in [2.45, 2.75) is 13.0 Å². The minimum absolute atomic E-state index is 0.00356. The number of benzene rings is 2. The van der Waals surface area contributed by atoms with Crippen molar-refractivity contribution in [2.75, 3.05) is 45.7 Å². The Hall–Kier alpha value is -3.64. The van der Waals surface area contributed by atoms with Gasteiger partial charge in [0, 0.05) is 79.9 Å². The highest BCUT2D eigenvalue weighted by atomic mass is 16.2. The number of aromatic nitrogens is 2. The Morgan fingerprint density at radius 3 is 2.38 bits per heavy atom. The third kappa shape index (κ3) is 4.17. The first-order valence-corrected chi connectivity index (χ1v) is 11.8. The fourth-order valence-corrected chi connectivity index (χ4v) is 4.82. The van der Waals surface area contributed by atoms with Crippen LogP contribution in [-0.4, -0.2) is 72.5 Å². The van der Waals surface area contributed by atoms with Crippen molar-refractivity contribution in [3.05, 3.63) is 72.6 Å². The molecule has 1 atom stereocenters. The summed E-state index contributed by atoms with van der Waals surface area (Å²) in [4.78, 5) is 26.6. The van der Waals surface area contributed by atoms with Crippen LogP contribution in [0.25, 0.3) is 33.3 Å². The van der Waals surface area contributed by atoms with Crippen LogP contribution in [0.15, 0.2) is 67.0 Å². The van der Waals surface area contributed by atoms with E-state index < -0.39 is 0 Å². The molecule has 1 N–H and O–H groups in total. The largest absolute Gasteiger partial charge is 0.366 e. The van der Waals surface area contributed by atoms with E-state index in [1.54, 1.807) is 19.0 Å². The first kappa shape index (κ1) is 22.2. The number of nitrogens with one attached hydrogen (secondary N) is 1. The van der Waals surface area contributed by atoms with Gasteiger partial charge < -0.3 is 19.7 Å². The first-order chi connectivity index (χ1) is 16.4. The van der Waals surface area contributed by atoms with Gasteiger partial charge in [0.1, 0.15) is 5.65 Å². The van der Waals surface area contributed by atoms with Crippen LogP contribution in [0, 0.1) is 0 Å². The summed E-state index contributed by atoms with van der Waals surface area (Å²) in [5.41, 5.74) is 7.19. The molecule has 0 radical (unpaired) electrons. The number of likely N-dealkylation sites (N-methyl/N-ethyl adjacent to an activating group) is 1. The minimum Gasteiger partial charge on any atom is -0.366 e. The molecule has 0 aliphatic carbocycles. The van der Waals surface area contributed by atoms with Gasteiger partial charge in [0.25, 0.3) is 5.91 Å². The number of anilines is 1. The van der Waals surface area contributed by atoms with Gasteiger partial charge in [0.05, 0.1) is 0 Å². The zero-order valence-electron chi connectivity index (χ0n) is 20.2. The third-order valence-electron chi connectivity index (χ3n) is 6.74. The molecule has 34 heavy (non-hydrogen) atoms. The van der Waals surface area contributed by atoms with Gasteiger partial charge in [-0.1, -0.05) is 24.3 Å². The van der Waals surface area contributed by atoms with Crippen molar-refractivity contribution in [2.24, 2.45) is 0 Å². The second-order valence-corrected chi connectivity index (χ2v) is 9.45. The lowest BCUT2D eigenvalue weighted by molar-refractivity contribution is 0.0827. The summed E-state index contributed by atoms with van der Waals surface area (Å²) < 4.78 is 0. The highest BCUT2D eigenvalue weighted by molar-refractivity contribution is 5.98. The summed E-state index contributed by atoms with van der Waals surface area (Å²) in [6.07, 6.45) is 3.91. The maximum atomic E-state index is 12.2. The molecule has 5 rings (SSSR count). The number of carbonyl (C=O) groups excluding carboxylic acids is 1. The van der Waals surface area contributed by atoms with E-state index in [9.17, 15) is 4.79 Å². The number of fused-ring (bicyclic) bond motifs is 1. The fourth-order valence-electron chi connectivity index (χ4n) is 4.82. The van der Waals surface area contributed by atoms with Crippen LogP contribution >= 0.6 is 0 Å². The van der Waals surface area contributed by atoms with Crippen molar-refractivity contribution >= 4 is 22.6 Å². The van der Waals surface area contributed by atoms with E-state index in [1.165, 1.54) is 5.69 Å². The third-order valence-corrected chi connectivity index (χ3v) is 6.74. The SMILES string of the molecule is C[C@H]1CN(C)CCN1c1ccc(-c2cnc3[nH]cc(-c4ccc(C(=O)N(C)C)cc4)c3c2)cc1. The van der Waals surface area contributed by atoms with Crippen LogP contribution in [0.5, 0.6) is 0 Å². The summed E-state index contributed by atoms with van der Waals surface area (Å²) in [7, 11) is 5.72. The lowest BCUT2D eigenvalue weighted by atomic mass is 10.0. The number of hydrogen-bond donors (Lipinski definition) is 1. The Balaban J connectivity index is 1.42. The number of carbonyl (C=O) groups is 1. The van der Waals surface area contributed by atoms with Gasteiger partial charge in [-0.15, -0.1) is 0 Å². The molecule has 4 aromatic rings. The van der Waals surface area contributed by atoms with E-state index in [1.807, 2.05) is 36.7 Å². The monoisotopic (exact) mass is 453 g/mol. The van der Waals surface area contributed by atoms with E-state index in [2.05, 4.69) is 64.1 Å². The van der Waals surface area contributed by atoms with E-state index in [4.69, 9.17) is 0 Å². The lowest BCUT2D eigenvalue weighted by Crippen LogP contribution is -2.50. The molecule has 1 fully saturated rings. The standard InChI is InChI=1S/C28H31N5O/c1-19-18-32(4)13-14-33(19)24-11-9-20(10-12-24)23-15-25-26(17-30-27(25)29-16-23)21-5-7-22(8-6-21)28(34)31(2)3/h5-12,15-17,19H,13-14,18H2,1-4H3,(H,29,30)/t19-/m0/s1. The Labute approximate surface area is 200 Å². The molecule has 2 aromatic heterocycles. The Morgan fingerprint density at radius 2 is 1.71 bits per heavy atom. The van der Waals surface area contributed by atoms with Crippen LogP contribution < -0.4 is 4.90 Å². The molecule has 0 bridgehead atoms. The molecule has 6 nitrogen and oxygen atoms in total. The summed E-state index contributed by atoms with van der Waals surface area (Å²) in [5, 5.41) is 1.07. The fraction of sp³-hybridized carbons (Fsp3) is 0.286. The molecule has 0 saturated carbocycles. The number of piperazine rings is 1. The highest BCUT2D eigenvalue weighted by Crippen LogP contribution is 2.32. The Kier molecular flexibility index (Phi) is 5.84. The molecule has 2 aromatic carbocycles. The molecule has 174 valence electrons. The molecule has 0 unspecified atom stereocenters. The molecule has 0 spiro atoms. The van der Waals surface area contributed by atoms with Crippen LogP contribution in [0.1, 0.15) is 17.3 Å². The predicted octanol–water partition coefficient (Wildman–Crippen LogP) is 4.74. The molecular formula is C28H31N5O. The summed E-state index contributed by atoms with van der Waals surface area (Å²) in [6.45, 7) is 5.52. The Morgan fingerprint density at radius 1 is 1.00 bits per heavy atom. The molecule has 1 aliphatic heterocycles. The minimum atomic E-state index is 0.00356. The summed E-state index contributed by atoms with van der Waals surface area (Å²) in [6, 6.07) is 19.3. The number of rotatable bonds is 4. The highest BCUT2D eigenvalue weighted by Gasteiger charge is 2.21. The van der Waals surface area contributed by atoms with Crippen LogP contribution in [0.4, 0.5) is 5.69 Å². The number of hydrogen-bond acceptors (Lipinski definition) is 4. The van der Waals surface area contributed by atoms with E-state index in [0.717, 1.165) is 52.9 Å². The van der Waals surface area contributed by atoms with Gasteiger partial charge in [-0.25, -0.2) is 4.98 Å². The number of pyridine rings is 1. The summed E-state index contributed by atoms with van der Waals surface area (Å²) in [5.74, 6) is 0.00356. The quantitative estimate of drug-likeness (QED) is 0.485. The second kappa shape index (κ2) is 8.95. The van der Waals surface area contributed by atoms with E-state index in [-0.39, 0.29) is 5.91 Å². The smallest absolute Gasteiger partial charge is 0.253 e. The molecule has 6 heteroatoms. The van der Waals surface area contributed by atoms with Crippen LogP contribution in [0.2, 0.25) is 0 Å². The van der Waals surface area contributed by atoms with Crippen molar-refractivity contribution in [1.82, 2.24) is 19.8 Å². The average Bonchev–Trinajstić information content (AvgIpc) is 3.27. The van der Waals surface area contributed by atoms with Crippen LogP contribution in [0.3, 0.4) is 0 Å². The van der Waals surface area contributed by atoms with Gasteiger partial charge in [0.2, 0.25) is 0 Å². The molecule has 1 amide bonds. The van der Waals surface area contributed by atoms with E-state index >= 15 is 0 Å². The van der Waals surface area contributed by atoms with Gasteiger partial charge in [-0.2, -0.15) is 0 Å². The molecule has 1 saturated heterocycles. The normalized spacial score (nSPS) is 16.7. The second-order valence-electron chi connectivity index (χ2n) is 9.45. The predicted molar refractivity (Wildman–Crippen MR) is 139 cm³/mol. The van der Waals surface area contributed by atoms with Crippen molar-refractivity contribution in [3.63, 3.8) is 0 Å². The number of amides is 1. The molecular weight excluding hydrogens is 422 g/mol. The van der Waals surface area contributed by atoms with Gasteiger partial charge in [-0.05, 0) is 55.4 Å². The van der Waals surface area contributed by atoms with Crippen molar-refractivity contribution in [1.29, 1.82) is 0 Å². The summed E-state index contributed by atoms with van der Waals surface area (Å²) >= 11 is 0. The molecule has 1 aliphatic rings. The average molecular weight is 454 g/mol. The Bertz CT molecular complexity index is 1310. The maximum absolute atomic E-state index is 12.2.